The number of thiazole rings is 1. The van der Waals surface area contributed by atoms with Crippen molar-refractivity contribution in [1.82, 2.24) is 10.3 Å². The lowest BCUT2D eigenvalue weighted by molar-refractivity contribution is 0.0925. The maximum absolute atomic E-state index is 11.8. The second-order valence-electron chi connectivity index (χ2n) is 4.49. The highest BCUT2D eigenvalue weighted by molar-refractivity contribution is 7.18. The molecule has 102 valence electrons. The number of hydrogen-bond acceptors (Lipinski definition) is 4. The molecule has 3 rings (SSSR count). The van der Waals surface area contributed by atoms with Crippen molar-refractivity contribution in [3.05, 3.63) is 52.9 Å². The van der Waals surface area contributed by atoms with Gasteiger partial charge >= 0.3 is 0 Å². The summed E-state index contributed by atoms with van der Waals surface area (Å²) in [5.74, 6) is 0.910. The van der Waals surface area contributed by atoms with Gasteiger partial charge in [-0.15, -0.1) is 11.3 Å². The van der Waals surface area contributed by atoms with E-state index >= 15 is 0 Å². The highest BCUT2D eigenvalue weighted by Crippen LogP contribution is 2.21. The fourth-order valence-corrected chi connectivity index (χ4v) is 2.92. The molecule has 2 aromatic heterocycles. The molecule has 0 spiro atoms. The molecule has 0 radical (unpaired) electrons. The smallest absolute Gasteiger partial charge is 0.287 e. The molecule has 2 heterocycles. The highest BCUT2D eigenvalue weighted by Gasteiger charge is 2.09. The van der Waals surface area contributed by atoms with Gasteiger partial charge in [-0.1, -0.05) is 12.1 Å². The molecule has 20 heavy (non-hydrogen) atoms. The Kier molecular flexibility index (Phi) is 3.52. The SMILES string of the molecule is Cc1ccc(C(=O)NCCc2nc3ccccc3s2)o1. The van der Waals surface area contributed by atoms with Crippen LogP contribution in [0.3, 0.4) is 0 Å². The molecule has 0 aliphatic heterocycles. The van der Waals surface area contributed by atoms with E-state index in [0.717, 1.165) is 22.7 Å². The van der Waals surface area contributed by atoms with Crippen LogP contribution in [0.1, 0.15) is 21.3 Å². The number of hydrogen-bond donors (Lipinski definition) is 1. The number of carbonyl (C=O) groups is 1. The van der Waals surface area contributed by atoms with Crippen molar-refractivity contribution < 1.29 is 9.21 Å². The minimum absolute atomic E-state index is 0.181. The first-order valence-electron chi connectivity index (χ1n) is 6.41. The molecule has 1 amide bonds. The van der Waals surface area contributed by atoms with Crippen LogP contribution in [0.5, 0.6) is 0 Å². The monoisotopic (exact) mass is 286 g/mol. The molecule has 0 saturated heterocycles. The first-order chi connectivity index (χ1) is 9.72. The second-order valence-corrected chi connectivity index (χ2v) is 5.61. The summed E-state index contributed by atoms with van der Waals surface area (Å²) in [5, 5.41) is 3.87. The van der Waals surface area contributed by atoms with Gasteiger partial charge in [-0.05, 0) is 31.2 Å². The normalized spacial score (nSPS) is 10.8. The van der Waals surface area contributed by atoms with E-state index in [1.807, 2.05) is 25.1 Å². The van der Waals surface area contributed by atoms with Gasteiger partial charge in [0.05, 0.1) is 15.2 Å². The Morgan fingerprint density at radius 2 is 2.15 bits per heavy atom. The fourth-order valence-electron chi connectivity index (χ4n) is 1.95. The summed E-state index contributed by atoms with van der Waals surface area (Å²) in [6.45, 7) is 2.37. The van der Waals surface area contributed by atoms with Gasteiger partial charge in [-0.2, -0.15) is 0 Å². The largest absolute Gasteiger partial charge is 0.456 e. The Balaban J connectivity index is 1.58. The van der Waals surface area contributed by atoms with Gasteiger partial charge in [0.15, 0.2) is 5.76 Å². The van der Waals surface area contributed by atoms with E-state index in [-0.39, 0.29) is 5.91 Å². The Morgan fingerprint density at radius 3 is 2.90 bits per heavy atom. The zero-order valence-corrected chi connectivity index (χ0v) is 11.9. The zero-order valence-electron chi connectivity index (χ0n) is 11.1. The molecule has 0 fully saturated rings. The van der Waals surface area contributed by atoms with Gasteiger partial charge in [0.1, 0.15) is 5.76 Å². The predicted octanol–water partition coefficient (Wildman–Crippen LogP) is 3.17. The Labute approximate surface area is 120 Å². The summed E-state index contributed by atoms with van der Waals surface area (Å²) in [5.41, 5.74) is 1.01. The van der Waals surface area contributed by atoms with Crippen molar-refractivity contribution >= 4 is 27.5 Å². The highest BCUT2D eigenvalue weighted by atomic mass is 32.1. The van der Waals surface area contributed by atoms with E-state index in [4.69, 9.17) is 4.42 Å². The standard InChI is InChI=1S/C15H14N2O2S/c1-10-6-7-12(19-10)15(18)16-9-8-14-17-11-4-2-3-5-13(11)20-14/h2-7H,8-9H2,1H3,(H,16,18). The maximum atomic E-state index is 11.8. The van der Waals surface area contributed by atoms with Gasteiger partial charge in [-0.25, -0.2) is 4.98 Å². The number of benzene rings is 1. The lowest BCUT2D eigenvalue weighted by Gasteiger charge is -2.00. The van der Waals surface area contributed by atoms with Gasteiger partial charge in [0.25, 0.3) is 5.91 Å². The zero-order chi connectivity index (χ0) is 13.9. The lowest BCUT2D eigenvalue weighted by atomic mass is 10.3. The van der Waals surface area contributed by atoms with Crippen LogP contribution in [-0.4, -0.2) is 17.4 Å². The molecule has 3 aromatic rings. The topological polar surface area (TPSA) is 55.1 Å². The summed E-state index contributed by atoms with van der Waals surface area (Å²) in [7, 11) is 0. The van der Waals surface area contributed by atoms with E-state index < -0.39 is 0 Å². The Bertz CT molecular complexity index is 712. The summed E-state index contributed by atoms with van der Waals surface area (Å²) in [6, 6.07) is 11.5. The summed E-state index contributed by atoms with van der Waals surface area (Å²) >= 11 is 1.66. The van der Waals surface area contributed by atoms with Crippen molar-refractivity contribution in [2.75, 3.05) is 6.54 Å². The molecule has 0 bridgehead atoms. The number of amides is 1. The molecule has 1 N–H and O–H groups in total. The third-order valence-corrected chi connectivity index (χ3v) is 4.02. The van der Waals surface area contributed by atoms with Gasteiger partial charge in [0, 0.05) is 13.0 Å². The molecule has 1 aromatic carbocycles. The number of fused-ring (bicyclic) bond motifs is 1. The maximum Gasteiger partial charge on any atom is 0.287 e. The summed E-state index contributed by atoms with van der Waals surface area (Å²) < 4.78 is 6.45. The van der Waals surface area contributed by atoms with E-state index in [1.54, 1.807) is 23.5 Å². The van der Waals surface area contributed by atoms with Gasteiger partial charge < -0.3 is 9.73 Å². The van der Waals surface area contributed by atoms with E-state index in [9.17, 15) is 4.79 Å². The molecule has 5 heteroatoms. The number of para-hydroxylation sites is 1. The van der Waals surface area contributed by atoms with Crippen LogP contribution in [0.4, 0.5) is 0 Å². The average molecular weight is 286 g/mol. The van der Waals surface area contributed by atoms with Crippen LogP contribution in [0, 0.1) is 6.92 Å². The van der Waals surface area contributed by atoms with E-state index in [1.165, 1.54) is 4.70 Å². The Morgan fingerprint density at radius 1 is 1.30 bits per heavy atom. The van der Waals surface area contributed by atoms with Crippen LogP contribution < -0.4 is 5.32 Å². The van der Waals surface area contributed by atoms with Crippen LogP contribution >= 0.6 is 11.3 Å². The third kappa shape index (κ3) is 2.72. The summed E-state index contributed by atoms with van der Waals surface area (Å²) in [4.78, 5) is 16.3. The molecular formula is C15H14N2O2S. The second kappa shape index (κ2) is 5.46. The molecule has 0 aliphatic rings. The van der Waals surface area contributed by atoms with Crippen LogP contribution in [0.15, 0.2) is 40.8 Å². The quantitative estimate of drug-likeness (QED) is 0.801. The first kappa shape index (κ1) is 12.9. The molecule has 0 atom stereocenters. The molecular weight excluding hydrogens is 272 g/mol. The van der Waals surface area contributed by atoms with Gasteiger partial charge in [0.2, 0.25) is 0 Å². The predicted molar refractivity (Wildman–Crippen MR) is 79.1 cm³/mol. The number of rotatable bonds is 4. The third-order valence-electron chi connectivity index (χ3n) is 2.93. The number of aryl methyl sites for hydroxylation is 1. The summed E-state index contributed by atoms with van der Waals surface area (Å²) in [6.07, 6.45) is 0.727. The molecule has 4 nitrogen and oxygen atoms in total. The molecule has 0 aliphatic carbocycles. The lowest BCUT2D eigenvalue weighted by Crippen LogP contribution is -2.25. The van der Waals surface area contributed by atoms with Crippen molar-refractivity contribution in [2.24, 2.45) is 0 Å². The average Bonchev–Trinajstić information content (AvgIpc) is 3.04. The first-order valence-corrected chi connectivity index (χ1v) is 7.23. The number of nitrogens with zero attached hydrogens (tertiary/aromatic N) is 1. The number of furan rings is 1. The Hall–Kier alpha value is -2.14. The number of aromatic nitrogens is 1. The van der Waals surface area contributed by atoms with Gasteiger partial charge in [-0.3, -0.25) is 4.79 Å². The van der Waals surface area contributed by atoms with E-state index in [2.05, 4.69) is 16.4 Å². The van der Waals surface area contributed by atoms with E-state index in [0.29, 0.717) is 12.3 Å². The van der Waals surface area contributed by atoms with Crippen molar-refractivity contribution in [3.63, 3.8) is 0 Å². The van der Waals surface area contributed by atoms with Crippen LogP contribution in [0.25, 0.3) is 10.2 Å². The van der Waals surface area contributed by atoms with Crippen LogP contribution in [0.2, 0.25) is 0 Å². The minimum atomic E-state index is -0.181. The van der Waals surface area contributed by atoms with Crippen molar-refractivity contribution in [2.45, 2.75) is 13.3 Å². The van der Waals surface area contributed by atoms with Crippen LogP contribution in [-0.2, 0) is 6.42 Å². The van der Waals surface area contributed by atoms with Crippen molar-refractivity contribution in [3.8, 4) is 0 Å². The minimum Gasteiger partial charge on any atom is -0.456 e. The molecule has 0 unspecified atom stereocenters. The number of nitrogens with one attached hydrogen (secondary N) is 1. The fraction of sp³-hybridized carbons (Fsp3) is 0.200. The molecule has 0 saturated carbocycles. The van der Waals surface area contributed by atoms with Crippen molar-refractivity contribution in [1.29, 1.82) is 0 Å². The number of carbonyl (C=O) groups excluding carboxylic acids is 1.